The van der Waals surface area contributed by atoms with Crippen molar-refractivity contribution < 1.29 is 14.6 Å². The zero-order valence-electron chi connectivity index (χ0n) is 14.9. The van der Waals surface area contributed by atoms with Gasteiger partial charge in [0.05, 0.1) is 25.9 Å². The van der Waals surface area contributed by atoms with Gasteiger partial charge in [-0.1, -0.05) is 44.2 Å². The highest BCUT2D eigenvalue weighted by atomic mass is 16.5. The molecular formula is C19H30N2O3. The van der Waals surface area contributed by atoms with Crippen LogP contribution < -0.4 is 5.32 Å². The van der Waals surface area contributed by atoms with E-state index in [1.807, 2.05) is 37.3 Å². The van der Waals surface area contributed by atoms with E-state index in [9.17, 15) is 9.90 Å². The molecule has 1 heterocycles. The van der Waals surface area contributed by atoms with Crippen molar-refractivity contribution in [1.82, 2.24) is 10.2 Å². The lowest BCUT2D eigenvalue weighted by molar-refractivity contribution is -0.126. The molecule has 24 heavy (non-hydrogen) atoms. The van der Waals surface area contributed by atoms with E-state index in [0.717, 1.165) is 12.1 Å². The van der Waals surface area contributed by atoms with E-state index in [1.54, 1.807) is 0 Å². The highest BCUT2D eigenvalue weighted by Gasteiger charge is 2.27. The number of hydrogen-bond donors (Lipinski definition) is 2. The molecule has 3 atom stereocenters. The minimum atomic E-state index is -0.543. The minimum Gasteiger partial charge on any atom is -0.388 e. The first-order valence-corrected chi connectivity index (χ1v) is 8.81. The van der Waals surface area contributed by atoms with E-state index in [2.05, 4.69) is 24.1 Å². The van der Waals surface area contributed by atoms with Gasteiger partial charge in [-0.2, -0.15) is 0 Å². The highest BCUT2D eigenvalue weighted by Crippen LogP contribution is 2.22. The molecule has 1 aliphatic rings. The van der Waals surface area contributed by atoms with Crippen LogP contribution in [0.4, 0.5) is 0 Å². The van der Waals surface area contributed by atoms with Crippen LogP contribution in [0, 0.1) is 5.92 Å². The second-order valence-electron chi connectivity index (χ2n) is 6.96. The van der Waals surface area contributed by atoms with Gasteiger partial charge >= 0.3 is 0 Å². The third kappa shape index (κ3) is 5.58. The molecule has 0 saturated carbocycles. The fraction of sp³-hybridized carbons (Fsp3) is 0.632. The number of nitrogens with one attached hydrogen (secondary N) is 1. The topological polar surface area (TPSA) is 61.8 Å². The van der Waals surface area contributed by atoms with Crippen molar-refractivity contribution in [3.8, 4) is 0 Å². The summed E-state index contributed by atoms with van der Waals surface area (Å²) in [6.07, 6.45) is 0.0230. The van der Waals surface area contributed by atoms with E-state index >= 15 is 0 Å². The number of benzene rings is 1. The molecule has 2 N–H and O–H groups in total. The predicted octanol–water partition coefficient (Wildman–Crippen LogP) is 1.97. The molecule has 1 aromatic carbocycles. The van der Waals surface area contributed by atoms with Gasteiger partial charge in [-0.05, 0) is 24.8 Å². The second kappa shape index (κ2) is 9.16. The van der Waals surface area contributed by atoms with Crippen LogP contribution in [0.2, 0.25) is 0 Å². The lowest BCUT2D eigenvalue weighted by Gasteiger charge is -2.36. The maximum absolute atomic E-state index is 12.3. The molecule has 0 aromatic heterocycles. The number of carbonyl (C=O) groups is 1. The summed E-state index contributed by atoms with van der Waals surface area (Å²) in [4.78, 5) is 14.4. The van der Waals surface area contributed by atoms with Gasteiger partial charge in [-0.3, -0.25) is 9.69 Å². The molecule has 0 aliphatic carbocycles. The molecule has 1 aliphatic heterocycles. The number of hydrogen-bond acceptors (Lipinski definition) is 4. The van der Waals surface area contributed by atoms with Crippen LogP contribution in [0.25, 0.3) is 0 Å². The lowest BCUT2D eigenvalue weighted by Crippen LogP contribution is -2.51. The number of nitrogens with zero attached hydrogens (tertiary/aromatic N) is 1. The third-order valence-electron chi connectivity index (χ3n) is 4.76. The van der Waals surface area contributed by atoms with Crippen LogP contribution in [-0.4, -0.2) is 54.3 Å². The summed E-state index contributed by atoms with van der Waals surface area (Å²) >= 11 is 0. The third-order valence-corrected chi connectivity index (χ3v) is 4.76. The van der Waals surface area contributed by atoms with Crippen LogP contribution in [0.15, 0.2) is 30.3 Å². The van der Waals surface area contributed by atoms with Crippen molar-refractivity contribution in [2.24, 2.45) is 5.92 Å². The zero-order chi connectivity index (χ0) is 17.5. The number of carbonyl (C=O) groups excluding carboxylic acids is 1. The number of aliphatic hydroxyl groups is 1. The Morgan fingerprint density at radius 1 is 1.33 bits per heavy atom. The van der Waals surface area contributed by atoms with Gasteiger partial charge in [0.2, 0.25) is 5.91 Å². The van der Waals surface area contributed by atoms with Crippen LogP contribution in [-0.2, 0) is 9.53 Å². The number of rotatable bonds is 7. The molecule has 134 valence electrons. The maximum atomic E-state index is 12.3. The molecule has 0 radical (unpaired) electrons. The van der Waals surface area contributed by atoms with Gasteiger partial charge in [0.15, 0.2) is 0 Å². The number of ether oxygens (including phenoxy) is 1. The van der Waals surface area contributed by atoms with Crippen molar-refractivity contribution in [2.75, 3.05) is 26.3 Å². The summed E-state index contributed by atoms with van der Waals surface area (Å²) in [5.74, 6) is 0.451. The van der Waals surface area contributed by atoms with Crippen molar-refractivity contribution in [3.05, 3.63) is 35.9 Å². The average Bonchev–Trinajstić information content (AvgIpc) is 2.57. The molecule has 2 rings (SSSR count). The monoisotopic (exact) mass is 334 g/mol. The van der Waals surface area contributed by atoms with Crippen LogP contribution in [0.1, 0.15) is 38.9 Å². The number of morpholine rings is 1. The van der Waals surface area contributed by atoms with Gasteiger partial charge in [-0.25, -0.2) is 0 Å². The molecule has 1 fully saturated rings. The summed E-state index contributed by atoms with van der Waals surface area (Å²) < 4.78 is 5.57. The smallest absolute Gasteiger partial charge is 0.234 e. The molecule has 1 saturated heterocycles. The fourth-order valence-electron chi connectivity index (χ4n) is 2.83. The quantitative estimate of drug-likeness (QED) is 0.800. The van der Waals surface area contributed by atoms with Crippen LogP contribution in [0.5, 0.6) is 0 Å². The lowest BCUT2D eigenvalue weighted by atomic mass is 10.0. The van der Waals surface area contributed by atoms with Gasteiger partial charge < -0.3 is 15.2 Å². The standard InChI is InChI=1S/C19H30N2O3/c1-14(2)15(3)20-19(23)12-21-9-10-24-13-17(21)11-18(22)16-7-5-4-6-8-16/h4-8,14-15,17-18,22H,9-13H2,1-3H3,(H,20,23). The van der Waals surface area contributed by atoms with Crippen LogP contribution in [0.3, 0.4) is 0 Å². The zero-order valence-corrected chi connectivity index (χ0v) is 14.9. The van der Waals surface area contributed by atoms with E-state index in [-0.39, 0.29) is 18.0 Å². The van der Waals surface area contributed by atoms with Crippen molar-refractivity contribution in [1.29, 1.82) is 0 Å². The molecule has 5 nitrogen and oxygen atoms in total. The Balaban J connectivity index is 1.91. The van der Waals surface area contributed by atoms with Crippen molar-refractivity contribution >= 4 is 5.91 Å². The van der Waals surface area contributed by atoms with E-state index in [0.29, 0.717) is 32.1 Å². The molecule has 1 aromatic rings. The van der Waals surface area contributed by atoms with Gasteiger partial charge in [0.25, 0.3) is 0 Å². The minimum absolute atomic E-state index is 0.0392. The number of aliphatic hydroxyl groups excluding tert-OH is 1. The van der Waals surface area contributed by atoms with E-state index in [1.165, 1.54) is 0 Å². The summed E-state index contributed by atoms with van der Waals surface area (Å²) in [5.41, 5.74) is 0.904. The Labute approximate surface area is 145 Å². The van der Waals surface area contributed by atoms with Gasteiger partial charge in [0, 0.05) is 18.6 Å². The molecule has 0 spiro atoms. The maximum Gasteiger partial charge on any atom is 0.234 e. The molecular weight excluding hydrogens is 304 g/mol. The Morgan fingerprint density at radius 2 is 2.04 bits per heavy atom. The SMILES string of the molecule is CC(C)C(C)NC(=O)CN1CCOCC1CC(O)c1ccccc1. The summed E-state index contributed by atoms with van der Waals surface area (Å²) in [6, 6.07) is 9.85. The van der Waals surface area contributed by atoms with E-state index in [4.69, 9.17) is 4.74 Å². The molecule has 0 bridgehead atoms. The van der Waals surface area contributed by atoms with E-state index < -0.39 is 6.10 Å². The predicted molar refractivity (Wildman–Crippen MR) is 94.6 cm³/mol. The summed E-state index contributed by atoms with van der Waals surface area (Å²) in [7, 11) is 0. The fourth-order valence-corrected chi connectivity index (χ4v) is 2.83. The normalized spacial score (nSPS) is 21.5. The van der Waals surface area contributed by atoms with Gasteiger partial charge in [0.1, 0.15) is 0 Å². The highest BCUT2D eigenvalue weighted by molar-refractivity contribution is 5.78. The van der Waals surface area contributed by atoms with Crippen molar-refractivity contribution in [3.63, 3.8) is 0 Å². The summed E-state index contributed by atoms with van der Waals surface area (Å²) in [6.45, 7) is 8.47. The summed E-state index contributed by atoms with van der Waals surface area (Å²) in [5, 5.41) is 13.5. The largest absolute Gasteiger partial charge is 0.388 e. The molecule has 1 amide bonds. The Morgan fingerprint density at radius 3 is 2.71 bits per heavy atom. The Kier molecular flexibility index (Phi) is 7.21. The molecule has 5 heteroatoms. The Bertz CT molecular complexity index is 507. The molecule has 3 unspecified atom stereocenters. The number of amides is 1. The first kappa shape index (κ1) is 18.9. The van der Waals surface area contributed by atoms with Gasteiger partial charge in [-0.15, -0.1) is 0 Å². The Hall–Kier alpha value is -1.43. The van der Waals surface area contributed by atoms with Crippen molar-refractivity contribution in [2.45, 2.75) is 45.4 Å². The average molecular weight is 334 g/mol. The first-order chi connectivity index (χ1) is 11.5. The first-order valence-electron chi connectivity index (χ1n) is 8.81. The second-order valence-corrected chi connectivity index (χ2v) is 6.96. The van der Waals surface area contributed by atoms with Crippen LogP contribution >= 0.6 is 0 Å².